The van der Waals surface area contributed by atoms with E-state index in [9.17, 15) is 4.79 Å². The summed E-state index contributed by atoms with van der Waals surface area (Å²) in [6.45, 7) is 0.526. The number of benzene rings is 1. The van der Waals surface area contributed by atoms with Crippen molar-refractivity contribution < 1.29 is 4.79 Å². The van der Waals surface area contributed by atoms with Crippen LogP contribution in [0.5, 0.6) is 0 Å². The molecule has 1 fully saturated rings. The Morgan fingerprint density at radius 1 is 1.20 bits per heavy atom. The Kier molecular flexibility index (Phi) is 3.83. The van der Waals surface area contributed by atoms with Crippen LogP contribution in [-0.4, -0.2) is 10.9 Å². The van der Waals surface area contributed by atoms with Gasteiger partial charge in [0.05, 0.1) is 12.2 Å². The zero-order valence-corrected chi connectivity index (χ0v) is 12.6. The molecule has 0 N–H and O–H groups in total. The van der Waals surface area contributed by atoms with Gasteiger partial charge in [0.15, 0.2) is 0 Å². The molecule has 1 aliphatic rings. The second-order valence-electron chi connectivity index (χ2n) is 5.00. The molecule has 1 aromatic carbocycles. The van der Waals surface area contributed by atoms with Gasteiger partial charge in [0.25, 0.3) is 0 Å². The van der Waals surface area contributed by atoms with E-state index in [0.29, 0.717) is 6.54 Å². The highest BCUT2D eigenvalue weighted by Crippen LogP contribution is 2.33. The Morgan fingerprint density at radius 2 is 1.95 bits per heavy atom. The number of rotatable bonds is 4. The van der Waals surface area contributed by atoms with Gasteiger partial charge in [-0.15, -0.1) is 0 Å². The first kappa shape index (κ1) is 13.3. The van der Waals surface area contributed by atoms with Crippen LogP contribution in [0.25, 0.3) is 0 Å². The van der Waals surface area contributed by atoms with Crippen LogP contribution in [0.3, 0.4) is 0 Å². The number of hydrogen-bond acceptors (Lipinski definition) is 2. The summed E-state index contributed by atoms with van der Waals surface area (Å²) in [6.07, 6.45) is 3.78. The molecular formula is C16H15BrN2O. The molecule has 0 saturated heterocycles. The summed E-state index contributed by atoms with van der Waals surface area (Å²) in [6, 6.07) is 13.6. The third kappa shape index (κ3) is 3.07. The number of halogens is 1. The predicted octanol–water partition coefficient (Wildman–Crippen LogP) is 3.79. The Hall–Kier alpha value is -1.68. The van der Waals surface area contributed by atoms with Gasteiger partial charge in [0, 0.05) is 22.3 Å². The van der Waals surface area contributed by atoms with E-state index in [1.165, 1.54) is 0 Å². The maximum atomic E-state index is 12.5. The minimum absolute atomic E-state index is 0.197. The number of pyridine rings is 1. The number of nitrogens with zero attached hydrogens (tertiary/aromatic N) is 2. The fraction of sp³-hybridized carbons (Fsp3) is 0.250. The average molecular weight is 331 g/mol. The van der Waals surface area contributed by atoms with Crippen LogP contribution in [0.2, 0.25) is 0 Å². The van der Waals surface area contributed by atoms with E-state index in [2.05, 4.69) is 20.9 Å². The van der Waals surface area contributed by atoms with E-state index < -0.39 is 0 Å². The smallest absolute Gasteiger partial charge is 0.230 e. The second kappa shape index (κ2) is 5.75. The fourth-order valence-electron chi connectivity index (χ4n) is 2.12. The molecule has 0 atom stereocenters. The Balaban J connectivity index is 1.87. The molecule has 0 spiro atoms. The van der Waals surface area contributed by atoms with Crippen LogP contribution in [0, 0.1) is 5.92 Å². The first-order valence-electron chi connectivity index (χ1n) is 6.71. The summed E-state index contributed by atoms with van der Waals surface area (Å²) in [4.78, 5) is 18.6. The van der Waals surface area contributed by atoms with Gasteiger partial charge in [-0.2, -0.15) is 0 Å². The average Bonchev–Trinajstić information content (AvgIpc) is 3.31. The fourth-order valence-corrected chi connectivity index (χ4v) is 2.39. The molecule has 0 aliphatic heterocycles. The number of amides is 1. The van der Waals surface area contributed by atoms with Gasteiger partial charge in [0.1, 0.15) is 0 Å². The Labute approximate surface area is 126 Å². The lowest BCUT2D eigenvalue weighted by molar-refractivity contribution is -0.119. The highest BCUT2D eigenvalue weighted by molar-refractivity contribution is 9.10. The molecule has 20 heavy (non-hydrogen) atoms. The maximum Gasteiger partial charge on any atom is 0.230 e. The van der Waals surface area contributed by atoms with Gasteiger partial charge in [-0.25, -0.2) is 0 Å². The van der Waals surface area contributed by atoms with Crippen molar-refractivity contribution in [3.8, 4) is 0 Å². The number of anilines is 1. The standard InChI is InChI=1S/C16H15BrN2O/c17-13-6-8-15(9-7-13)19(16(20)12-4-5-12)11-14-3-1-2-10-18-14/h1-3,6-10,12H,4-5,11H2. The number of carbonyl (C=O) groups is 1. The SMILES string of the molecule is O=C(C1CC1)N(Cc1ccccn1)c1ccc(Br)cc1. The summed E-state index contributed by atoms with van der Waals surface area (Å²) in [5.74, 6) is 0.403. The Bertz CT molecular complexity index is 594. The third-order valence-corrected chi connectivity index (χ3v) is 3.91. The largest absolute Gasteiger partial charge is 0.306 e. The molecular weight excluding hydrogens is 316 g/mol. The van der Waals surface area contributed by atoms with Crippen molar-refractivity contribution in [2.75, 3.05) is 4.90 Å². The van der Waals surface area contributed by atoms with Crippen molar-refractivity contribution in [1.82, 2.24) is 4.98 Å². The van der Waals surface area contributed by atoms with Crippen LogP contribution in [-0.2, 0) is 11.3 Å². The van der Waals surface area contributed by atoms with Crippen molar-refractivity contribution in [2.24, 2.45) is 5.92 Å². The lowest BCUT2D eigenvalue weighted by Gasteiger charge is -2.22. The zero-order valence-electron chi connectivity index (χ0n) is 11.0. The van der Waals surface area contributed by atoms with E-state index in [0.717, 1.165) is 28.7 Å². The van der Waals surface area contributed by atoms with E-state index >= 15 is 0 Å². The minimum atomic E-state index is 0.197. The van der Waals surface area contributed by atoms with Gasteiger partial charge >= 0.3 is 0 Å². The topological polar surface area (TPSA) is 33.2 Å². The van der Waals surface area contributed by atoms with Crippen molar-refractivity contribution >= 4 is 27.5 Å². The van der Waals surface area contributed by atoms with E-state index in [1.54, 1.807) is 6.20 Å². The van der Waals surface area contributed by atoms with E-state index in [1.807, 2.05) is 47.4 Å². The molecule has 1 heterocycles. The highest BCUT2D eigenvalue weighted by atomic mass is 79.9. The summed E-state index contributed by atoms with van der Waals surface area (Å²) in [5, 5.41) is 0. The number of hydrogen-bond donors (Lipinski definition) is 0. The monoisotopic (exact) mass is 330 g/mol. The lowest BCUT2D eigenvalue weighted by atomic mass is 10.2. The van der Waals surface area contributed by atoms with Crippen LogP contribution in [0.1, 0.15) is 18.5 Å². The minimum Gasteiger partial charge on any atom is -0.306 e. The molecule has 1 saturated carbocycles. The first-order valence-corrected chi connectivity index (χ1v) is 7.50. The Morgan fingerprint density at radius 3 is 2.55 bits per heavy atom. The third-order valence-electron chi connectivity index (χ3n) is 3.38. The molecule has 3 nitrogen and oxygen atoms in total. The summed E-state index contributed by atoms with van der Waals surface area (Å²) >= 11 is 3.42. The molecule has 4 heteroatoms. The molecule has 1 aliphatic carbocycles. The second-order valence-corrected chi connectivity index (χ2v) is 5.91. The quantitative estimate of drug-likeness (QED) is 0.854. The van der Waals surface area contributed by atoms with Gasteiger partial charge in [-0.05, 0) is 49.2 Å². The normalized spacial score (nSPS) is 14.1. The van der Waals surface area contributed by atoms with Crippen molar-refractivity contribution in [2.45, 2.75) is 19.4 Å². The zero-order chi connectivity index (χ0) is 13.9. The van der Waals surface area contributed by atoms with Gasteiger partial charge in [0.2, 0.25) is 5.91 Å². The van der Waals surface area contributed by atoms with E-state index in [4.69, 9.17) is 0 Å². The molecule has 0 bridgehead atoms. The predicted molar refractivity (Wildman–Crippen MR) is 82.3 cm³/mol. The van der Waals surface area contributed by atoms with Gasteiger partial charge in [-0.1, -0.05) is 22.0 Å². The molecule has 3 rings (SSSR count). The molecule has 0 radical (unpaired) electrons. The summed E-state index contributed by atoms with van der Waals surface area (Å²) in [7, 11) is 0. The van der Waals surface area contributed by atoms with Gasteiger partial charge in [-0.3, -0.25) is 9.78 Å². The van der Waals surface area contributed by atoms with Crippen LogP contribution in [0.15, 0.2) is 53.1 Å². The number of aromatic nitrogens is 1. The number of carbonyl (C=O) groups excluding carboxylic acids is 1. The molecule has 1 aromatic heterocycles. The van der Waals surface area contributed by atoms with Crippen molar-refractivity contribution in [3.05, 3.63) is 58.8 Å². The van der Waals surface area contributed by atoms with Gasteiger partial charge < -0.3 is 4.90 Å². The maximum absolute atomic E-state index is 12.5. The molecule has 102 valence electrons. The van der Waals surface area contributed by atoms with Crippen LogP contribution >= 0.6 is 15.9 Å². The molecule has 1 amide bonds. The van der Waals surface area contributed by atoms with Crippen LogP contribution < -0.4 is 4.90 Å². The van der Waals surface area contributed by atoms with Crippen molar-refractivity contribution in [1.29, 1.82) is 0 Å². The summed E-state index contributed by atoms with van der Waals surface area (Å²) < 4.78 is 1.01. The molecule has 2 aromatic rings. The lowest BCUT2D eigenvalue weighted by Crippen LogP contribution is -2.31. The first-order chi connectivity index (χ1) is 9.74. The van der Waals surface area contributed by atoms with Crippen LogP contribution in [0.4, 0.5) is 5.69 Å². The summed E-state index contributed by atoms with van der Waals surface area (Å²) in [5.41, 5.74) is 1.83. The highest BCUT2D eigenvalue weighted by Gasteiger charge is 2.34. The van der Waals surface area contributed by atoms with Crippen molar-refractivity contribution in [3.63, 3.8) is 0 Å². The molecule has 0 unspecified atom stereocenters. The van der Waals surface area contributed by atoms with E-state index in [-0.39, 0.29) is 11.8 Å².